The molecule has 72 valence electrons. The first-order valence-corrected chi connectivity index (χ1v) is 5.58. The molecule has 0 radical (unpaired) electrons. The highest BCUT2D eigenvalue weighted by Crippen LogP contribution is 2.30. The van der Waals surface area contributed by atoms with Crippen LogP contribution in [-0.4, -0.2) is 18.0 Å². The van der Waals surface area contributed by atoms with E-state index in [1.54, 1.807) is 11.8 Å². The maximum absolute atomic E-state index is 9.26. The molecule has 0 saturated heterocycles. The average molecular weight is 196 g/mol. The third-order valence-corrected chi connectivity index (χ3v) is 3.03. The SMILES string of the molecule is CSc1ccccc1C(C)(C)CO. The van der Waals surface area contributed by atoms with Gasteiger partial charge in [0.25, 0.3) is 0 Å². The van der Waals surface area contributed by atoms with Crippen LogP contribution >= 0.6 is 11.8 Å². The summed E-state index contributed by atoms with van der Waals surface area (Å²) in [6.07, 6.45) is 2.06. The fourth-order valence-electron chi connectivity index (χ4n) is 1.29. The highest BCUT2D eigenvalue weighted by Gasteiger charge is 2.21. The number of thioether (sulfide) groups is 1. The van der Waals surface area contributed by atoms with Crippen LogP contribution in [0.1, 0.15) is 19.4 Å². The number of aliphatic hydroxyl groups is 1. The van der Waals surface area contributed by atoms with E-state index in [-0.39, 0.29) is 12.0 Å². The van der Waals surface area contributed by atoms with Crippen LogP contribution in [0.25, 0.3) is 0 Å². The molecule has 0 fully saturated rings. The maximum atomic E-state index is 9.26. The van der Waals surface area contributed by atoms with Gasteiger partial charge in [0.05, 0.1) is 6.61 Å². The molecule has 1 aromatic rings. The molecule has 1 rings (SSSR count). The molecule has 0 unspecified atom stereocenters. The summed E-state index contributed by atoms with van der Waals surface area (Å²) in [5.41, 5.74) is 1.09. The standard InChI is InChI=1S/C11H16OS/c1-11(2,8-12)9-6-4-5-7-10(9)13-3/h4-7,12H,8H2,1-3H3. The lowest BCUT2D eigenvalue weighted by Gasteiger charge is -2.24. The average Bonchev–Trinajstić information content (AvgIpc) is 2.18. The van der Waals surface area contributed by atoms with Crippen molar-refractivity contribution in [2.75, 3.05) is 12.9 Å². The van der Waals surface area contributed by atoms with E-state index in [1.165, 1.54) is 10.5 Å². The van der Waals surface area contributed by atoms with Gasteiger partial charge in [-0.3, -0.25) is 0 Å². The van der Waals surface area contributed by atoms with E-state index in [1.807, 2.05) is 12.1 Å². The second-order valence-corrected chi connectivity index (χ2v) is 4.59. The van der Waals surface area contributed by atoms with E-state index in [0.717, 1.165) is 0 Å². The van der Waals surface area contributed by atoms with Crippen LogP contribution in [0.3, 0.4) is 0 Å². The molecule has 0 amide bonds. The summed E-state index contributed by atoms with van der Waals surface area (Å²) in [5.74, 6) is 0. The summed E-state index contributed by atoms with van der Waals surface area (Å²) >= 11 is 1.73. The molecule has 2 heteroatoms. The minimum Gasteiger partial charge on any atom is -0.395 e. The Kier molecular flexibility index (Phi) is 3.40. The van der Waals surface area contributed by atoms with Crippen LogP contribution in [0.2, 0.25) is 0 Å². The minimum atomic E-state index is -0.139. The van der Waals surface area contributed by atoms with Gasteiger partial charge in [-0.2, -0.15) is 0 Å². The van der Waals surface area contributed by atoms with E-state index in [9.17, 15) is 5.11 Å². The molecule has 0 spiro atoms. The molecule has 0 aliphatic carbocycles. The molecular formula is C11H16OS. The summed E-state index contributed by atoms with van der Waals surface area (Å²) in [5, 5.41) is 9.26. The Morgan fingerprint density at radius 1 is 1.31 bits per heavy atom. The third kappa shape index (κ3) is 2.26. The van der Waals surface area contributed by atoms with Gasteiger partial charge < -0.3 is 5.11 Å². The van der Waals surface area contributed by atoms with Crippen molar-refractivity contribution < 1.29 is 5.11 Å². The van der Waals surface area contributed by atoms with E-state index in [2.05, 4.69) is 32.2 Å². The molecule has 0 atom stereocenters. The normalized spacial score (nSPS) is 11.7. The topological polar surface area (TPSA) is 20.2 Å². The van der Waals surface area contributed by atoms with Gasteiger partial charge in [-0.1, -0.05) is 32.0 Å². The van der Waals surface area contributed by atoms with E-state index in [0.29, 0.717) is 0 Å². The Morgan fingerprint density at radius 3 is 2.46 bits per heavy atom. The van der Waals surface area contributed by atoms with Crippen LogP contribution in [-0.2, 0) is 5.41 Å². The fourth-order valence-corrected chi connectivity index (χ4v) is 2.07. The Labute approximate surface area is 84.2 Å². The Hall–Kier alpha value is -0.470. The Balaban J connectivity index is 3.12. The summed E-state index contributed by atoms with van der Waals surface area (Å²) < 4.78 is 0. The van der Waals surface area contributed by atoms with Crippen LogP contribution in [0.15, 0.2) is 29.2 Å². The molecule has 1 aromatic carbocycles. The van der Waals surface area contributed by atoms with E-state index >= 15 is 0 Å². The molecule has 13 heavy (non-hydrogen) atoms. The monoisotopic (exact) mass is 196 g/mol. The van der Waals surface area contributed by atoms with Crippen LogP contribution in [0, 0.1) is 0 Å². The molecule has 0 aliphatic rings. The number of benzene rings is 1. The largest absolute Gasteiger partial charge is 0.395 e. The van der Waals surface area contributed by atoms with Gasteiger partial charge in [0, 0.05) is 10.3 Å². The van der Waals surface area contributed by atoms with Crippen molar-refractivity contribution in [2.24, 2.45) is 0 Å². The highest BCUT2D eigenvalue weighted by atomic mass is 32.2. The molecule has 0 aliphatic heterocycles. The summed E-state index contributed by atoms with van der Waals surface area (Å²) in [7, 11) is 0. The van der Waals surface area contributed by atoms with E-state index < -0.39 is 0 Å². The summed E-state index contributed by atoms with van der Waals surface area (Å²) in [6.45, 7) is 4.30. The number of hydrogen-bond acceptors (Lipinski definition) is 2. The van der Waals surface area contributed by atoms with Crippen molar-refractivity contribution in [3.05, 3.63) is 29.8 Å². The third-order valence-electron chi connectivity index (χ3n) is 2.23. The lowest BCUT2D eigenvalue weighted by Crippen LogP contribution is -2.22. The van der Waals surface area contributed by atoms with Gasteiger partial charge in [-0.25, -0.2) is 0 Å². The number of aliphatic hydroxyl groups excluding tert-OH is 1. The zero-order valence-corrected chi connectivity index (χ0v) is 9.19. The van der Waals surface area contributed by atoms with Gasteiger partial charge >= 0.3 is 0 Å². The summed E-state index contributed by atoms with van der Waals surface area (Å²) in [4.78, 5) is 1.25. The van der Waals surface area contributed by atoms with Crippen LogP contribution in [0.4, 0.5) is 0 Å². The second-order valence-electron chi connectivity index (χ2n) is 3.74. The Morgan fingerprint density at radius 2 is 1.92 bits per heavy atom. The molecule has 1 N–H and O–H groups in total. The molecule has 0 aromatic heterocycles. The first-order chi connectivity index (χ1) is 6.11. The second kappa shape index (κ2) is 4.16. The highest BCUT2D eigenvalue weighted by molar-refractivity contribution is 7.98. The van der Waals surface area contributed by atoms with Gasteiger partial charge in [-0.05, 0) is 17.9 Å². The quantitative estimate of drug-likeness (QED) is 0.750. The fraction of sp³-hybridized carbons (Fsp3) is 0.455. The lowest BCUT2D eigenvalue weighted by molar-refractivity contribution is 0.216. The first kappa shape index (κ1) is 10.6. The minimum absolute atomic E-state index is 0.139. The van der Waals surface area contributed by atoms with E-state index in [4.69, 9.17) is 0 Å². The Bertz CT molecular complexity index is 281. The number of rotatable bonds is 3. The molecule has 0 bridgehead atoms. The zero-order valence-electron chi connectivity index (χ0n) is 8.37. The van der Waals surface area contributed by atoms with Crippen molar-refractivity contribution in [1.29, 1.82) is 0 Å². The summed E-state index contributed by atoms with van der Waals surface area (Å²) in [6, 6.07) is 8.23. The zero-order chi connectivity index (χ0) is 9.90. The van der Waals surface area contributed by atoms with Crippen molar-refractivity contribution in [2.45, 2.75) is 24.2 Å². The molecule has 1 nitrogen and oxygen atoms in total. The van der Waals surface area contributed by atoms with Crippen molar-refractivity contribution in [3.8, 4) is 0 Å². The number of hydrogen-bond donors (Lipinski definition) is 1. The molecular weight excluding hydrogens is 180 g/mol. The van der Waals surface area contributed by atoms with Gasteiger partial charge in [0.2, 0.25) is 0 Å². The molecule has 0 heterocycles. The lowest BCUT2D eigenvalue weighted by atomic mass is 9.86. The predicted octanol–water partition coefficient (Wildman–Crippen LogP) is 2.68. The van der Waals surface area contributed by atoms with Crippen LogP contribution < -0.4 is 0 Å². The smallest absolute Gasteiger partial charge is 0.0523 e. The van der Waals surface area contributed by atoms with Crippen LogP contribution in [0.5, 0.6) is 0 Å². The van der Waals surface area contributed by atoms with Gasteiger partial charge in [0.15, 0.2) is 0 Å². The van der Waals surface area contributed by atoms with Crippen molar-refractivity contribution >= 4 is 11.8 Å². The molecule has 0 saturated carbocycles. The maximum Gasteiger partial charge on any atom is 0.0523 e. The predicted molar refractivity (Wildman–Crippen MR) is 58.3 cm³/mol. The van der Waals surface area contributed by atoms with Crippen molar-refractivity contribution in [1.82, 2.24) is 0 Å². The first-order valence-electron chi connectivity index (χ1n) is 4.36. The van der Waals surface area contributed by atoms with Gasteiger partial charge in [0.1, 0.15) is 0 Å². The van der Waals surface area contributed by atoms with Crippen molar-refractivity contribution in [3.63, 3.8) is 0 Å². The van der Waals surface area contributed by atoms with Gasteiger partial charge in [-0.15, -0.1) is 11.8 Å².